The number of halogens is 5. The fourth-order valence-corrected chi connectivity index (χ4v) is 5.32. The van der Waals surface area contributed by atoms with Gasteiger partial charge in [0.05, 0.1) is 16.9 Å². The van der Waals surface area contributed by atoms with E-state index < -0.39 is 41.8 Å². The number of anilines is 2. The van der Waals surface area contributed by atoms with Gasteiger partial charge in [0.1, 0.15) is 23.1 Å². The van der Waals surface area contributed by atoms with E-state index in [-0.39, 0.29) is 29.7 Å². The van der Waals surface area contributed by atoms with E-state index in [1.165, 1.54) is 17.0 Å². The molecule has 0 spiro atoms. The van der Waals surface area contributed by atoms with Crippen LogP contribution in [0, 0.1) is 5.92 Å². The Morgan fingerprint density at radius 2 is 1.76 bits per heavy atom. The Balaban J connectivity index is 1.26. The number of nitrogens with two attached hydrogens (primary N) is 1. The molecule has 4 aromatic rings. The van der Waals surface area contributed by atoms with E-state index in [1.54, 1.807) is 29.1 Å². The van der Waals surface area contributed by atoms with Gasteiger partial charge in [-0.25, -0.2) is 23.4 Å². The lowest BCUT2D eigenvalue weighted by atomic mass is 9.92. The van der Waals surface area contributed by atoms with Crippen LogP contribution in [0.1, 0.15) is 46.8 Å². The zero-order chi connectivity index (χ0) is 29.8. The lowest BCUT2D eigenvalue weighted by molar-refractivity contribution is -0.138. The molecule has 1 aliphatic carbocycles. The number of hydrogen-bond acceptors (Lipinski definition) is 6. The van der Waals surface area contributed by atoms with Crippen LogP contribution in [0.3, 0.4) is 0 Å². The van der Waals surface area contributed by atoms with E-state index in [0.29, 0.717) is 41.7 Å². The molecule has 218 valence electrons. The molecule has 9 nitrogen and oxygen atoms in total. The van der Waals surface area contributed by atoms with E-state index in [0.717, 1.165) is 18.3 Å². The van der Waals surface area contributed by atoms with E-state index in [1.807, 2.05) is 0 Å². The van der Waals surface area contributed by atoms with Crippen molar-refractivity contribution in [2.45, 2.75) is 37.3 Å². The Kier molecular flexibility index (Phi) is 6.58. The summed E-state index contributed by atoms with van der Waals surface area (Å²) in [7, 11) is 0. The summed E-state index contributed by atoms with van der Waals surface area (Å²) in [5.74, 6) is -5.66. The van der Waals surface area contributed by atoms with Crippen LogP contribution in [0.25, 0.3) is 16.6 Å². The summed E-state index contributed by atoms with van der Waals surface area (Å²) in [4.78, 5) is 34.8. The number of pyridine rings is 2. The number of aromatic nitrogens is 4. The van der Waals surface area contributed by atoms with Crippen molar-refractivity contribution in [3.8, 4) is 5.69 Å². The summed E-state index contributed by atoms with van der Waals surface area (Å²) in [6, 6.07) is 9.47. The van der Waals surface area contributed by atoms with Gasteiger partial charge in [-0.1, -0.05) is 0 Å². The van der Waals surface area contributed by atoms with Crippen LogP contribution in [0.15, 0.2) is 54.9 Å². The number of fused-ring (bicyclic) bond motifs is 1. The van der Waals surface area contributed by atoms with Crippen LogP contribution in [-0.2, 0) is 11.0 Å². The van der Waals surface area contributed by atoms with Gasteiger partial charge in [-0.15, -0.1) is 0 Å². The number of carbonyl (C=O) groups is 2. The highest BCUT2D eigenvalue weighted by Gasteiger charge is 2.62. The fraction of sp³-hybridized carbons (Fsp3) is 0.321. The second-order valence-corrected chi connectivity index (χ2v) is 10.5. The number of rotatable bonds is 5. The smallest absolute Gasteiger partial charge is 0.382 e. The number of hydrogen-bond donors (Lipinski definition) is 2. The maximum Gasteiger partial charge on any atom is 0.416 e. The van der Waals surface area contributed by atoms with Gasteiger partial charge in [0.15, 0.2) is 0 Å². The monoisotopic (exact) mass is 585 g/mol. The van der Waals surface area contributed by atoms with Crippen molar-refractivity contribution in [2.75, 3.05) is 24.1 Å². The first-order valence-electron chi connectivity index (χ1n) is 13.2. The quantitative estimate of drug-likeness (QED) is 0.317. The number of carbonyl (C=O) groups excluding carboxylic acids is 2. The standard InChI is InChI=1S/C28H24F5N7O2/c29-27(30)13-20(27)26(42)39-11-1-2-16(14-39)22-19-8-10-36-24(34)23(19)40(38-22)18-5-3-15(4-6-18)25(41)37-21-12-17(7-9-35-21)28(31,32)33/h3-10,12,16,20H,1-2,11,13-14H2,(H2,34,36)(H,35,37,41)/t16-,20?/m1/s1. The molecule has 2 aliphatic rings. The highest BCUT2D eigenvalue weighted by Crippen LogP contribution is 2.50. The molecule has 1 unspecified atom stereocenters. The number of nitrogens with one attached hydrogen (secondary N) is 1. The largest absolute Gasteiger partial charge is 0.416 e. The number of alkyl halides is 5. The van der Waals surface area contributed by atoms with Crippen molar-refractivity contribution in [1.82, 2.24) is 24.6 Å². The van der Waals surface area contributed by atoms with Crippen molar-refractivity contribution in [2.24, 2.45) is 5.92 Å². The molecule has 2 amide bonds. The third kappa shape index (κ3) is 5.12. The van der Waals surface area contributed by atoms with Gasteiger partial charge in [-0.3, -0.25) is 9.59 Å². The molecule has 6 rings (SSSR count). The van der Waals surface area contributed by atoms with Crippen LogP contribution < -0.4 is 11.1 Å². The Morgan fingerprint density at radius 1 is 1.05 bits per heavy atom. The van der Waals surface area contributed by atoms with Crippen LogP contribution in [-0.4, -0.2) is 55.5 Å². The molecule has 0 radical (unpaired) electrons. The average molecular weight is 586 g/mol. The molecule has 0 bridgehead atoms. The van der Waals surface area contributed by atoms with Gasteiger partial charge in [-0.05, 0) is 55.3 Å². The molecule has 1 aromatic carbocycles. The summed E-state index contributed by atoms with van der Waals surface area (Å²) in [5.41, 5.74) is 7.14. The predicted octanol–water partition coefficient (Wildman–Crippen LogP) is 5.03. The van der Waals surface area contributed by atoms with Crippen LogP contribution in [0.4, 0.5) is 33.6 Å². The number of amides is 2. The molecule has 1 saturated heterocycles. The van der Waals surface area contributed by atoms with Crippen LogP contribution >= 0.6 is 0 Å². The SMILES string of the molecule is Nc1nccc2c([C@@H]3CCCN(C(=O)C4CC4(F)F)C3)nn(-c3ccc(C(=O)Nc4cc(C(F)(F)F)ccn4)cc3)c12. The third-order valence-electron chi connectivity index (χ3n) is 7.59. The van der Waals surface area contributed by atoms with Crippen LogP contribution in [0.5, 0.6) is 0 Å². The maximum absolute atomic E-state index is 13.6. The second kappa shape index (κ2) is 10.0. The van der Waals surface area contributed by atoms with E-state index in [9.17, 15) is 31.5 Å². The van der Waals surface area contributed by atoms with Crippen molar-refractivity contribution in [1.29, 1.82) is 0 Å². The van der Waals surface area contributed by atoms with Crippen molar-refractivity contribution in [3.63, 3.8) is 0 Å². The normalized spacial score (nSPS) is 20.0. The average Bonchev–Trinajstić information content (AvgIpc) is 3.42. The number of likely N-dealkylation sites (tertiary alicyclic amines) is 1. The van der Waals surface area contributed by atoms with E-state index >= 15 is 0 Å². The minimum Gasteiger partial charge on any atom is -0.382 e. The molecule has 14 heteroatoms. The van der Waals surface area contributed by atoms with Crippen molar-refractivity contribution in [3.05, 3.63) is 71.7 Å². The van der Waals surface area contributed by atoms with Gasteiger partial charge in [0, 0.05) is 48.8 Å². The second-order valence-electron chi connectivity index (χ2n) is 10.5. The van der Waals surface area contributed by atoms with Crippen LogP contribution in [0.2, 0.25) is 0 Å². The Bertz CT molecular complexity index is 1690. The zero-order valence-corrected chi connectivity index (χ0v) is 21.9. The Labute approximate surface area is 235 Å². The molecular formula is C28H24F5N7O2. The lowest BCUT2D eigenvalue weighted by Gasteiger charge is -2.32. The van der Waals surface area contributed by atoms with E-state index in [2.05, 4.69) is 15.3 Å². The molecule has 4 heterocycles. The first kappa shape index (κ1) is 27.5. The number of nitrogen functional groups attached to an aromatic ring is 1. The topological polar surface area (TPSA) is 119 Å². The molecule has 3 N–H and O–H groups in total. The predicted molar refractivity (Wildman–Crippen MR) is 142 cm³/mol. The summed E-state index contributed by atoms with van der Waals surface area (Å²) >= 11 is 0. The number of benzene rings is 1. The van der Waals surface area contributed by atoms with Crippen molar-refractivity contribution < 1.29 is 31.5 Å². The summed E-state index contributed by atoms with van der Waals surface area (Å²) < 4.78 is 67.7. The highest BCUT2D eigenvalue weighted by atomic mass is 19.4. The minimum absolute atomic E-state index is 0.166. The summed E-state index contributed by atoms with van der Waals surface area (Å²) in [6.07, 6.45) is -1.17. The number of piperidine rings is 1. The first-order chi connectivity index (χ1) is 19.9. The van der Waals surface area contributed by atoms with Gasteiger partial charge in [-0.2, -0.15) is 18.3 Å². The summed E-state index contributed by atoms with van der Waals surface area (Å²) in [5, 5.41) is 7.86. The highest BCUT2D eigenvalue weighted by molar-refractivity contribution is 6.04. The molecule has 3 aromatic heterocycles. The van der Waals surface area contributed by atoms with Gasteiger partial charge in [0.25, 0.3) is 11.8 Å². The Hall–Kier alpha value is -4.62. The fourth-order valence-electron chi connectivity index (χ4n) is 5.32. The minimum atomic E-state index is -4.58. The molecule has 1 aliphatic heterocycles. The summed E-state index contributed by atoms with van der Waals surface area (Å²) in [6.45, 7) is 0.659. The zero-order valence-electron chi connectivity index (χ0n) is 21.9. The molecule has 42 heavy (non-hydrogen) atoms. The van der Waals surface area contributed by atoms with Gasteiger partial charge >= 0.3 is 6.18 Å². The molecular weight excluding hydrogens is 561 g/mol. The Morgan fingerprint density at radius 3 is 2.45 bits per heavy atom. The lowest BCUT2D eigenvalue weighted by Crippen LogP contribution is -2.41. The molecule has 1 saturated carbocycles. The third-order valence-corrected chi connectivity index (χ3v) is 7.59. The number of nitrogens with zero attached hydrogens (tertiary/aromatic N) is 5. The maximum atomic E-state index is 13.6. The van der Waals surface area contributed by atoms with Gasteiger partial charge in [0.2, 0.25) is 5.91 Å². The van der Waals surface area contributed by atoms with E-state index in [4.69, 9.17) is 10.8 Å². The molecule has 2 atom stereocenters. The van der Waals surface area contributed by atoms with Gasteiger partial charge < -0.3 is 16.0 Å². The molecule has 2 fully saturated rings. The van der Waals surface area contributed by atoms with Crippen molar-refractivity contribution >= 4 is 34.4 Å². The first-order valence-corrected chi connectivity index (χ1v) is 13.2.